The summed E-state index contributed by atoms with van der Waals surface area (Å²) in [6.45, 7) is 0. The van der Waals surface area contributed by atoms with Crippen LogP contribution in [-0.4, -0.2) is 46.2 Å². The minimum Gasteiger partial charge on any atom is -0.505 e. The first-order valence-corrected chi connectivity index (χ1v) is 7.17. The van der Waals surface area contributed by atoms with Crippen LogP contribution in [0.3, 0.4) is 0 Å². The summed E-state index contributed by atoms with van der Waals surface area (Å²) in [5.74, 6) is -5.58. The Morgan fingerprint density at radius 2 is 1.65 bits per heavy atom. The van der Waals surface area contributed by atoms with Gasteiger partial charge in [-0.1, -0.05) is 6.07 Å². The van der Waals surface area contributed by atoms with Gasteiger partial charge >= 0.3 is 11.9 Å². The van der Waals surface area contributed by atoms with E-state index in [1.54, 1.807) is 0 Å². The van der Waals surface area contributed by atoms with Gasteiger partial charge in [0.1, 0.15) is 11.3 Å². The summed E-state index contributed by atoms with van der Waals surface area (Å²) in [5, 5.41) is 28.7. The average Bonchev–Trinajstić information content (AvgIpc) is 2.86. The highest BCUT2D eigenvalue weighted by Gasteiger charge is 2.41. The molecule has 9 heteroatoms. The molecule has 0 unspecified atom stereocenters. The second-order valence-corrected chi connectivity index (χ2v) is 5.33. The zero-order valence-corrected chi connectivity index (χ0v) is 13.2. The number of fused-ring (bicyclic) bond motifs is 1. The number of methoxy groups -OCH3 is 1. The Morgan fingerprint density at radius 1 is 1.00 bits per heavy atom. The van der Waals surface area contributed by atoms with Crippen molar-refractivity contribution in [3.63, 3.8) is 0 Å². The minimum atomic E-state index is -1.49. The number of nitrogens with zero attached hydrogens (tertiary/aromatic N) is 1. The predicted octanol–water partition coefficient (Wildman–Crippen LogP) is 1.60. The number of imide groups is 1. The van der Waals surface area contributed by atoms with E-state index in [0.717, 1.165) is 12.1 Å². The number of carboxylic acids is 2. The summed E-state index contributed by atoms with van der Waals surface area (Å²) in [5.41, 5.74) is -1.85. The first-order valence-electron chi connectivity index (χ1n) is 7.17. The molecule has 0 saturated carbocycles. The number of amides is 2. The fourth-order valence-electron chi connectivity index (χ4n) is 2.73. The SMILES string of the molecule is COc1cc(C(=O)O)c(O)c(N2C(=O)c3cccc(C(=O)O)c3C2=O)c1. The van der Waals surface area contributed by atoms with Gasteiger partial charge in [-0.25, -0.2) is 14.5 Å². The van der Waals surface area contributed by atoms with E-state index in [9.17, 15) is 34.5 Å². The molecule has 3 rings (SSSR count). The lowest BCUT2D eigenvalue weighted by Crippen LogP contribution is -2.30. The molecule has 2 amide bonds. The molecule has 0 aromatic heterocycles. The van der Waals surface area contributed by atoms with Crippen LogP contribution >= 0.6 is 0 Å². The van der Waals surface area contributed by atoms with E-state index in [1.165, 1.54) is 25.3 Å². The number of hydrogen-bond donors (Lipinski definition) is 3. The van der Waals surface area contributed by atoms with Gasteiger partial charge in [0, 0.05) is 6.07 Å². The van der Waals surface area contributed by atoms with Crippen LogP contribution < -0.4 is 9.64 Å². The van der Waals surface area contributed by atoms with Gasteiger partial charge in [-0.3, -0.25) is 9.59 Å². The molecule has 9 nitrogen and oxygen atoms in total. The van der Waals surface area contributed by atoms with Crippen molar-refractivity contribution in [1.82, 2.24) is 0 Å². The van der Waals surface area contributed by atoms with Gasteiger partial charge in [0.15, 0.2) is 5.75 Å². The van der Waals surface area contributed by atoms with Crippen molar-refractivity contribution < 1.29 is 39.2 Å². The van der Waals surface area contributed by atoms with Crippen LogP contribution in [0.4, 0.5) is 5.69 Å². The Bertz CT molecular complexity index is 994. The molecule has 0 radical (unpaired) electrons. The van der Waals surface area contributed by atoms with E-state index in [2.05, 4.69) is 0 Å². The van der Waals surface area contributed by atoms with Gasteiger partial charge in [-0.15, -0.1) is 0 Å². The van der Waals surface area contributed by atoms with Crippen molar-refractivity contribution in [3.05, 3.63) is 52.6 Å². The molecule has 1 aliphatic heterocycles. The van der Waals surface area contributed by atoms with E-state index in [1.807, 2.05) is 0 Å². The maximum Gasteiger partial charge on any atom is 0.339 e. The van der Waals surface area contributed by atoms with Gasteiger partial charge in [0.25, 0.3) is 11.8 Å². The second kappa shape index (κ2) is 5.88. The fourth-order valence-corrected chi connectivity index (χ4v) is 2.73. The zero-order chi connectivity index (χ0) is 19.2. The van der Waals surface area contributed by atoms with Gasteiger partial charge in [0.05, 0.1) is 29.5 Å². The number of hydrogen-bond acceptors (Lipinski definition) is 6. The van der Waals surface area contributed by atoms with Crippen molar-refractivity contribution in [2.45, 2.75) is 0 Å². The van der Waals surface area contributed by atoms with Crippen molar-refractivity contribution in [2.24, 2.45) is 0 Å². The lowest BCUT2D eigenvalue weighted by molar-refractivity contribution is 0.0683. The molecule has 0 bridgehead atoms. The number of aromatic hydroxyl groups is 1. The summed E-state index contributed by atoms with van der Waals surface area (Å²) in [7, 11) is 1.24. The highest BCUT2D eigenvalue weighted by atomic mass is 16.5. The Labute approximate surface area is 145 Å². The first-order chi connectivity index (χ1) is 12.3. The van der Waals surface area contributed by atoms with Crippen LogP contribution in [0.5, 0.6) is 11.5 Å². The number of carbonyl (C=O) groups excluding carboxylic acids is 2. The Balaban J connectivity index is 2.24. The molecule has 1 heterocycles. The highest BCUT2D eigenvalue weighted by molar-refractivity contribution is 6.36. The molecular formula is C17H11NO8. The second-order valence-electron chi connectivity index (χ2n) is 5.33. The Morgan fingerprint density at radius 3 is 2.23 bits per heavy atom. The standard InChI is InChI=1S/C17H11NO8/c1-26-7-5-10(17(24)25)13(19)11(6-7)18-14(20)8-3-2-4-9(16(22)23)12(8)15(18)21/h2-6,19H,1H3,(H,22,23)(H,24,25). The third-order valence-electron chi connectivity index (χ3n) is 3.92. The molecule has 3 N–H and O–H groups in total. The predicted molar refractivity (Wildman–Crippen MR) is 86.2 cm³/mol. The van der Waals surface area contributed by atoms with Gasteiger partial charge in [0.2, 0.25) is 0 Å². The van der Waals surface area contributed by atoms with Crippen molar-refractivity contribution in [3.8, 4) is 11.5 Å². The normalized spacial score (nSPS) is 12.9. The Kier molecular flexibility index (Phi) is 3.84. The number of anilines is 1. The molecular weight excluding hydrogens is 346 g/mol. The summed E-state index contributed by atoms with van der Waals surface area (Å²) in [4.78, 5) is 48.5. The number of aromatic carboxylic acids is 2. The molecule has 1 aliphatic rings. The Hall–Kier alpha value is -3.88. The van der Waals surface area contributed by atoms with Crippen LogP contribution in [0.1, 0.15) is 41.4 Å². The van der Waals surface area contributed by atoms with E-state index in [-0.39, 0.29) is 22.4 Å². The van der Waals surface area contributed by atoms with Crippen molar-refractivity contribution in [1.29, 1.82) is 0 Å². The summed E-state index contributed by atoms with van der Waals surface area (Å²) >= 11 is 0. The largest absolute Gasteiger partial charge is 0.505 e. The molecule has 0 fully saturated rings. The monoisotopic (exact) mass is 357 g/mol. The van der Waals surface area contributed by atoms with E-state index in [4.69, 9.17) is 4.74 Å². The average molecular weight is 357 g/mol. The van der Waals surface area contributed by atoms with Crippen molar-refractivity contribution >= 4 is 29.4 Å². The maximum absolute atomic E-state index is 12.7. The number of benzene rings is 2. The highest BCUT2D eigenvalue weighted by Crippen LogP contribution is 2.40. The number of rotatable bonds is 4. The fraction of sp³-hybridized carbons (Fsp3) is 0.0588. The summed E-state index contributed by atoms with van der Waals surface area (Å²) < 4.78 is 4.95. The van der Waals surface area contributed by atoms with Crippen LogP contribution in [0.2, 0.25) is 0 Å². The van der Waals surface area contributed by atoms with Crippen molar-refractivity contribution in [2.75, 3.05) is 12.0 Å². The van der Waals surface area contributed by atoms with E-state index < -0.39 is 40.8 Å². The first kappa shape index (κ1) is 17.0. The minimum absolute atomic E-state index is 0.00906. The number of carboxylic acid groups (broad SMARTS) is 2. The topological polar surface area (TPSA) is 141 Å². The number of carbonyl (C=O) groups is 4. The van der Waals surface area contributed by atoms with Gasteiger partial charge in [-0.05, 0) is 18.2 Å². The molecule has 0 spiro atoms. The van der Waals surface area contributed by atoms with Gasteiger partial charge < -0.3 is 20.1 Å². The quantitative estimate of drug-likeness (QED) is 0.701. The third-order valence-corrected chi connectivity index (χ3v) is 3.92. The van der Waals surface area contributed by atoms with Crippen LogP contribution in [0.15, 0.2) is 30.3 Å². The molecule has 26 heavy (non-hydrogen) atoms. The molecule has 0 saturated heterocycles. The lowest BCUT2D eigenvalue weighted by Gasteiger charge is -2.18. The third kappa shape index (κ3) is 2.34. The smallest absolute Gasteiger partial charge is 0.339 e. The molecule has 0 aliphatic carbocycles. The number of phenols is 1. The van der Waals surface area contributed by atoms with Crippen LogP contribution in [0, 0.1) is 0 Å². The lowest BCUT2D eigenvalue weighted by atomic mass is 10.0. The van der Waals surface area contributed by atoms with Crippen LogP contribution in [0.25, 0.3) is 0 Å². The van der Waals surface area contributed by atoms with Gasteiger partial charge in [-0.2, -0.15) is 0 Å². The molecule has 0 atom stereocenters. The van der Waals surface area contributed by atoms with E-state index in [0.29, 0.717) is 4.90 Å². The molecule has 132 valence electrons. The summed E-state index contributed by atoms with van der Waals surface area (Å²) in [6, 6.07) is 5.90. The van der Waals surface area contributed by atoms with E-state index >= 15 is 0 Å². The summed E-state index contributed by atoms with van der Waals surface area (Å²) in [6.07, 6.45) is 0. The zero-order valence-electron chi connectivity index (χ0n) is 13.2. The van der Waals surface area contributed by atoms with Crippen LogP contribution in [-0.2, 0) is 0 Å². The molecule has 2 aromatic carbocycles. The number of ether oxygens (including phenoxy) is 1. The maximum atomic E-state index is 12.7. The molecule has 2 aromatic rings.